The van der Waals surface area contributed by atoms with E-state index >= 15 is 0 Å². The molecule has 2 aliphatic rings. The summed E-state index contributed by atoms with van der Waals surface area (Å²) in [4.78, 5) is 4.99. The van der Waals surface area contributed by atoms with E-state index in [2.05, 4.69) is 110 Å². The first-order chi connectivity index (χ1) is 14.7. The largest absolute Gasteiger partial charge is 0.303 e. The molecule has 0 unspecified atom stereocenters. The Morgan fingerprint density at radius 3 is 2.52 bits per heavy atom. The molecule has 6 rings (SSSR count). The van der Waals surface area contributed by atoms with Crippen molar-refractivity contribution in [2.45, 2.75) is 51.9 Å². The normalized spacial score (nSPS) is 17.6. The summed E-state index contributed by atoms with van der Waals surface area (Å²) in [5.74, 6) is 1.14. The standard InChI is InChI=1S/C27H29N4/c1-17-15-20-24(30-14-10-13-21(30)28-20)22-23(17)31-25(27(4,5)26(22,2)3)19(16-29(31)6)18-11-8-7-9-12-18/h7-12,14-16H,13H2,1-6H3/q+1. The van der Waals surface area contributed by atoms with E-state index in [0.717, 1.165) is 17.8 Å². The lowest BCUT2D eigenvalue weighted by Crippen LogP contribution is -2.51. The van der Waals surface area contributed by atoms with Gasteiger partial charge >= 0.3 is 0 Å². The predicted molar refractivity (Wildman–Crippen MR) is 125 cm³/mol. The van der Waals surface area contributed by atoms with Crippen LogP contribution in [0.4, 0.5) is 0 Å². The van der Waals surface area contributed by atoms with Gasteiger partial charge in [0.15, 0.2) is 7.05 Å². The number of rotatable bonds is 1. The zero-order valence-electron chi connectivity index (χ0n) is 19.2. The Balaban J connectivity index is 1.81. The zero-order chi connectivity index (χ0) is 21.7. The van der Waals surface area contributed by atoms with Gasteiger partial charge in [-0.25, -0.2) is 4.98 Å². The molecule has 2 aromatic carbocycles. The fourth-order valence-electron chi connectivity index (χ4n) is 5.75. The number of hydrogen-bond acceptors (Lipinski definition) is 1. The average molecular weight is 410 g/mol. The summed E-state index contributed by atoms with van der Waals surface area (Å²) in [6, 6.07) is 13.1. The van der Waals surface area contributed by atoms with Crippen LogP contribution in [-0.2, 0) is 24.3 Å². The summed E-state index contributed by atoms with van der Waals surface area (Å²) < 4.78 is 7.04. The lowest BCUT2D eigenvalue weighted by atomic mass is 9.59. The lowest BCUT2D eigenvalue weighted by molar-refractivity contribution is -0.745. The maximum absolute atomic E-state index is 4.99. The summed E-state index contributed by atoms with van der Waals surface area (Å²) in [5, 5.41) is 0. The van der Waals surface area contributed by atoms with Crippen LogP contribution in [0.1, 0.15) is 50.3 Å². The number of allylic oxidation sites excluding steroid dienone is 1. The Hall–Kier alpha value is -3.14. The highest BCUT2D eigenvalue weighted by molar-refractivity contribution is 5.90. The van der Waals surface area contributed by atoms with E-state index in [4.69, 9.17) is 4.98 Å². The van der Waals surface area contributed by atoms with Crippen LogP contribution in [0, 0.1) is 6.92 Å². The van der Waals surface area contributed by atoms with Crippen molar-refractivity contribution in [3.8, 4) is 16.8 Å². The van der Waals surface area contributed by atoms with Crippen molar-refractivity contribution < 1.29 is 4.68 Å². The molecule has 4 aromatic rings. The molecule has 4 heterocycles. The predicted octanol–water partition coefficient (Wildman–Crippen LogP) is 5.22. The Bertz CT molecular complexity index is 1410. The molecular weight excluding hydrogens is 380 g/mol. The second-order valence-corrected chi connectivity index (χ2v) is 10.2. The molecule has 31 heavy (non-hydrogen) atoms. The minimum atomic E-state index is -0.0970. The molecule has 156 valence electrons. The minimum Gasteiger partial charge on any atom is -0.303 e. The maximum atomic E-state index is 4.99. The number of nitrogens with zero attached hydrogens (tertiary/aromatic N) is 4. The summed E-state index contributed by atoms with van der Waals surface area (Å²) in [5.41, 5.74) is 10.1. The van der Waals surface area contributed by atoms with E-state index in [1.807, 2.05) is 0 Å². The van der Waals surface area contributed by atoms with Crippen LogP contribution in [0.3, 0.4) is 0 Å². The van der Waals surface area contributed by atoms with Gasteiger partial charge in [-0.2, -0.15) is 0 Å². The highest BCUT2D eigenvalue weighted by Crippen LogP contribution is 2.54. The first kappa shape index (κ1) is 18.6. The van der Waals surface area contributed by atoms with Gasteiger partial charge in [0.25, 0.3) is 0 Å². The van der Waals surface area contributed by atoms with E-state index in [1.54, 1.807) is 0 Å². The second-order valence-electron chi connectivity index (χ2n) is 10.2. The topological polar surface area (TPSA) is 26.6 Å². The third kappa shape index (κ3) is 2.15. The van der Waals surface area contributed by atoms with Crippen molar-refractivity contribution in [2.24, 2.45) is 7.05 Å². The van der Waals surface area contributed by atoms with E-state index in [1.165, 1.54) is 39.2 Å². The highest BCUT2D eigenvalue weighted by atomic mass is 15.4. The fraction of sp³-hybridized carbons (Fsp3) is 0.333. The molecule has 0 bridgehead atoms. The van der Waals surface area contributed by atoms with E-state index in [-0.39, 0.29) is 10.8 Å². The van der Waals surface area contributed by atoms with Crippen molar-refractivity contribution in [3.05, 3.63) is 71.3 Å². The molecule has 0 N–H and O–H groups in total. The number of aromatic nitrogens is 4. The number of imidazole rings is 1. The van der Waals surface area contributed by atoms with Gasteiger partial charge in [0.2, 0.25) is 6.20 Å². The molecule has 0 fully saturated rings. The van der Waals surface area contributed by atoms with Crippen LogP contribution in [0.5, 0.6) is 0 Å². The molecule has 0 saturated heterocycles. The maximum Gasteiger partial charge on any atom is 0.203 e. The van der Waals surface area contributed by atoms with Gasteiger partial charge < -0.3 is 4.57 Å². The Morgan fingerprint density at radius 1 is 1.03 bits per heavy atom. The van der Waals surface area contributed by atoms with Crippen molar-refractivity contribution in [2.75, 3.05) is 0 Å². The number of benzene rings is 2. The molecule has 2 aromatic heterocycles. The number of hydrogen-bond donors (Lipinski definition) is 0. The van der Waals surface area contributed by atoms with E-state index in [9.17, 15) is 0 Å². The highest BCUT2D eigenvalue weighted by Gasteiger charge is 2.52. The molecule has 4 heteroatoms. The molecular formula is C27H29N4+. The SMILES string of the molecule is Cc1cc2nc3n(c2c2c1-n1c(c(-c4ccccc4)c[n+]1C)C(C)(C)C2(C)C)C=CC3. The van der Waals surface area contributed by atoms with Gasteiger partial charge in [-0.05, 0) is 24.1 Å². The molecule has 2 aliphatic heterocycles. The summed E-state index contributed by atoms with van der Waals surface area (Å²) in [6.07, 6.45) is 7.61. The Kier molecular flexibility index (Phi) is 3.46. The molecule has 0 atom stereocenters. The van der Waals surface area contributed by atoms with Crippen LogP contribution in [-0.4, -0.2) is 14.2 Å². The van der Waals surface area contributed by atoms with Crippen LogP contribution in [0.2, 0.25) is 0 Å². The van der Waals surface area contributed by atoms with Crippen molar-refractivity contribution in [1.29, 1.82) is 0 Å². The second kappa shape index (κ2) is 5.76. The van der Waals surface area contributed by atoms with Gasteiger partial charge in [0, 0.05) is 29.0 Å². The van der Waals surface area contributed by atoms with Crippen LogP contribution in [0.15, 0.2) is 48.7 Å². The Labute approximate surface area is 183 Å². The van der Waals surface area contributed by atoms with Crippen molar-refractivity contribution in [3.63, 3.8) is 0 Å². The third-order valence-corrected chi connectivity index (χ3v) is 7.94. The Morgan fingerprint density at radius 2 is 1.77 bits per heavy atom. The summed E-state index contributed by atoms with van der Waals surface area (Å²) in [6.45, 7) is 11.9. The molecule has 0 saturated carbocycles. The van der Waals surface area contributed by atoms with Gasteiger partial charge in [0.05, 0.1) is 16.6 Å². The van der Waals surface area contributed by atoms with Crippen LogP contribution >= 0.6 is 0 Å². The van der Waals surface area contributed by atoms with Gasteiger partial charge in [-0.3, -0.25) is 0 Å². The monoisotopic (exact) mass is 409 g/mol. The van der Waals surface area contributed by atoms with Crippen molar-refractivity contribution >= 4 is 17.2 Å². The van der Waals surface area contributed by atoms with Crippen LogP contribution < -0.4 is 4.68 Å². The van der Waals surface area contributed by atoms with Gasteiger partial charge in [0.1, 0.15) is 17.2 Å². The fourth-order valence-corrected chi connectivity index (χ4v) is 5.75. The smallest absolute Gasteiger partial charge is 0.203 e. The van der Waals surface area contributed by atoms with E-state index < -0.39 is 0 Å². The molecule has 0 amide bonds. The first-order valence-electron chi connectivity index (χ1n) is 11.1. The van der Waals surface area contributed by atoms with Gasteiger partial charge in [-0.15, -0.1) is 9.36 Å². The molecule has 0 radical (unpaired) electrons. The quantitative estimate of drug-likeness (QED) is 0.396. The summed E-state index contributed by atoms with van der Waals surface area (Å²) in [7, 11) is 2.17. The summed E-state index contributed by atoms with van der Waals surface area (Å²) >= 11 is 0. The number of fused-ring (bicyclic) bond motifs is 7. The molecule has 4 nitrogen and oxygen atoms in total. The van der Waals surface area contributed by atoms with Crippen LogP contribution in [0.25, 0.3) is 34.0 Å². The average Bonchev–Trinajstić information content (AvgIpc) is 3.40. The zero-order valence-corrected chi connectivity index (χ0v) is 19.2. The molecule has 0 spiro atoms. The van der Waals surface area contributed by atoms with Crippen molar-refractivity contribution in [1.82, 2.24) is 14.2 Å². The molecule has 0 aliphatic carbocycles. The number of aryl methyl sites for hydroxylation is 2. The van der Waals surface area contributed by atoms with Gasteiger partial charge in [-0.1, -0.05) is 64.1 Å². The first-order valence-corrected chi connectivity index (χ1v) is 11.1. The lowest BCUT2D eigenvalue weighted by Gasteiger charge is -2.46. The van der Waals surface area contributed by atoms with E-state index in [0.29, 0.717) is 0 Å². The minimum absolute atomic E-state index is 0.0925. The third-order valence-electron chi connectivity index (χ3n) is 7.94.